The summed E-state index contributed by atoms with van der Waals surface area (Å²) in [7, 11) is -0.580. The lowest BCUT2D eigenvalue weighted by Gasteiger charge is -2.32. The van der Waals surface area contributed by atoms with Crippen LogP contribution in [0.2, 0.25) is 0 Å². The molecule has 1 unspecified atom stereocenters. The molecule has 1 aliphatic heterocycles. The first-order chi connectivity index (χ1) is 6.26. The van der Waals surface area contributed by atoms with Crippen molar-refractivity contribution in [3.8, 4) is 0 Å². The first kappa shape index (κ1) is 9.02. The van der Waals surface area contributed by atoms with Crippen LogP contribution in [0, 0.1) is 0 Å². The van der Waals surface area contributed by atoms with E-state index in [1.54, 1.807) is 16.7 Å². The van der Waals surface area contributed by atoms with Gasteiger partial charge in [-0.3, -0.25) is 8.74 Å². The molecule has 0 fully saturated rings. The van der Waals surface area contributed by atoms with Crippen molar-refractivity contribution in [1.82, 2.24) is 0 Å². The highest BCUT2D eigenvalue weighted by atomic mass is 32.3. The maximum Gasteiger partial charge on any atom is 0.0805 e. The molecule has 70 valence electrons. The Morgan fingerprint density at radius 1 is 1.54 bits per heavy atom. The molecule has 1 aromatic rings. The SMILES string of the molecule is COS1(O)C=CC=C1c1cccs1. The van der Waals surface area contributed by atoms with E-state index in [0.717, 1.165) is 9.78 Å². The Morgan fingerprint density at radius 2 is 2.38 bits per heavy atom. The molecule has 0 spiro atoms. The molecule has 2 rings (SSSR count). The third-order valence-electron chi connectivity index (χ3n) is 1.84. The van der Waals surface area contributed by atoms with E-state index in [-0.39, 0.29) is 0 Å². The fraction of sp³-hybridized carbons (Fsp3) is 0.111. The standard InChI is InChI=1S/C9H10O2S2/c1-11-13(10)7-3-5-9(13)8-4-2-6-12-8/h2-7,10H,1H3. The van der Waals surface area contributed by atoms with Gasteiger partial charge in [0, 0.05) is 5.41 Å². The summed E-state index contributed by atoms with van der Waals surface area (Å²) in [5, 5.41) is 3.71. The van der Waals surface area contributed by atoms with E-state index in [4.69, 9.17) is 4.18 Å². The van der Waals surface area contributed by atoms with E-state index in [9.17, 15) is 4.55 Å². The third-order valence-corrected chi connectivity index (χ3v) is 4.90. The van der Waals surface area contributed by atoms with Gasteiger partial charge >= 0.3 is 0 Å². The van der Waals surface area contributed by atoms with E-state index >= 15 is 0 Å². The molecular weight excluding hydrogens is 204 g/mol. The van der Waals surface area contributed by atoms with Crippen molar-refractivity contribution < 1.29 is 8.74 Å². The van der Waals surface area contributed by atoms with Crippen LogP contribution in [0.4, 0.5) is 0 Å². The Hall–Kier alpha value is -0.550. The highest BCUT2D eigenvalue weighted by molar-refractivity contribution is 8.35. The minimum atomic E-state index is -2.11. The molecule has 1 atom stereocenters. The lowest BCUT2D eigenvalue weighted by atomic mass is 10.4. The predicted octanol–water partition coefficient (Wildman–Crippen LogP) is 3.46. The number of allylic oxidation sites excluding steroid dienone is 2. The highest BCUT2D eigenvalue weighted by Gasteiger charge is 2.23. The first-order valence-corrected chi connectivity index (χ1v) is 6.26. The number of hydrogen-bond donors (Lipinski definition) is 1. The van der Waals surface area contributed by atoms with Crippen molar-refractivity contribution in [3.05, 3.63) is 40.0 Å². The Balaban J connectivity index is 2.37. The Kier molecular flexibility index (Phi) is 2.29. The summed E-state index contributed by atoms with van der Waals surface area (Å²) >= 11 is 1.61. The third kappa shape index (κ3) is 1.46. The Bertz CT molecular complexity index is 354. The minimum absolute atomic E-state index is 0.894. The second kappa shape index (κ2) is 3.31. The van der Waals surface area contributed by atoms with Gasteiger partial charge in [-0.15, -0.1) is 21.9 Å². The summed E-state index contributed by atoms with van der Waals surface area (Å²) in [6.07, 6.45) is 3.75. The molecule has 0 amide bonds. The number of hydrogen-bond acceptors (Lipinski definition) is 3. The fourth-order valence-electron chi connectivity index (χ4n) is 1.19. The lowest BCUT2D eigenvalue weighted by Crippen LogP contribution is -1.96. The van der Waals surface area contributed by atoms with Gasteiger partial charge in [-0.2, -0.15) is 0 Å². The molecule has 0 aromatic carbocycles. The minimum Gasteiger partial charge on any atom is -0.291 e. The van der Waals surface area contributed by atoms with Crippen LogP contribution >= 0.6 is 21.9 Å². The van der Waals surface area contributed by atoms with Crippen LogP contribution in [0.25, 0.3) is 4.91 Å². The van der Waals surface area contributed by atoms with Gasteiger partial charge in [-0.1, -0.05) is 6.07 Å². The summed E-state index contributed by atoms with van der Waals surface area (Å²) in [6, 6.07) is 3.95. The van der Waals surface area contributed by atoms with E-state index in [1.165, 1.54) is 7.11 Å². The molecule has 0 radical (unpaired) electrons. The van der Waals surface area contributed by atoms with Crippen molar-refractivity contribution in [2.45, 2.75) is 0 Å². The average molecular weight is 214 g/mol. The predicted molar refractivity (Wildman–Crippen MR) is 58.7 cm³/mol. The molecule has 1 N–H and O–H groups in total. The fourth-order valence-corrected chi connectivity index (χ4v) is 3.70. The summed E-state index contributed by atoms with van der Waals surface area (Å²) in [6.45, 7) is 0. The van der Waals surface area contributed by atoms with Gasteiger partial charge < -0.3 is 0 Å². The number of rotatable bonds is 2. The average Bonchev–Trinajstić information content (AvgIpc) is 2.73. The second-order valence-electron chi connectivity index (χ2n) is 2.57. The summed E-state index contributed by atoms with van der Waals surface area (Å²) in [4.78, 5) is 1.97. The largest absolute Gasteiger partial charge is 0.291 e. The van der Waals surface area contributed by atoms with Crippen LogP contribution in [0.1, 0.15) is 4.88 Å². The van der Waals surface area contributed by atoms with Gasteiger partial charge in [0.15, 0.2) is 0 Å². The van der Waals surface area contributed by atoms with Crippen LogP contribution in [0.3, 0.4) is 0 Å². The molecule has 0 bridgehead atoms. The van der Waals surface area contributed by atoms with Crippen molar-refractivity contribution in [3.63, 3.8) is 0 Å². The topological polar surface area (TPSA) is 29.5 Å². The molecular formula is C9H10O2S2. The lowest BCUT2D eigenvalue weighted by molar-refractivity contribution is 0.415. The first-order valence-electron chi connectivity index (χ1n) is 3.80. The van der Waals surface area contributed by atoms with Crippen LogP contribution in [0.5, 0.6) is 0 Å². The summed E-state index contributed by atoms with van der Waals surface area (Å²) < 4.78 is 15.2. The van der Waals surface area contributed by atoms with Crippen molar-refractivity contribution in [2.24, 2.45) is 0 Å². The van der Waals surface area contributed by atoms with Gasteiger partial charge in [0.2, 0.25) is 0 Å². The van der Waals surface area contributed by atoms with Gasteiger partial charge in [0.1, 0.15) is 0 Å². The van der Waals surface area contributed by atoms with E-state index in [1.807, 2.05) is 29.7 Å². The van der Waals surface area contributed by atoms with Crippen LogP contribution < -0.4 is 0 Å². The van der Waals surface area contributed by atoms with E-state index < -0.39 is 10.6 Å². The molecule has 1 aliphatic rings. The Labute approximate surface area is 82.9 Å². The molecule has 1 aromatic heterocycles. The molecule has 0 aliphatic carbocycles. The molecule has 4 heteroatoms. The monoisotopic (exact) mass is 214 g/mol. The highest BCUT2D eigenvalue weighted by Crippen LogP contribution is 2.61. The molecule has 2 nitrogen and oxygen atoms in total. The van der Waals surface area contributed by atoms with Crippen molar-refractivity contribution >= 4 is 26.8 Å². The van der Waals surface area contributed by atoms with E-state index in [2.05, 4.69) is 0 Å². The summed E-state index contributed by atoms with van der Waals surface area (Å²) in [5.74, 6) is 0. The van der Waals surface area contributed by atoms with Crippen LogP contribution in [0.15, 0.2) is 35.1 Å². The quantitative estimate of drug-likeness (QED) is 0.817. The van der Waals surface area contributed by atoms with Crippen molar-refractivity contribution in [1.29, 1.82) is 0 Å². The van der Waals surface area contributed by atoms with Gasteiger partial charge in [0.05, 0.1) is 16.9 Å². The second-order valence-corrected chi connectivity index (χ2v) is 5.70. The maximum atomic E-state index is 10.0. The molecule has 0 saturated carbocycles. The van der Waals surface area contributed by atoms with Crippen molar-refractivity contribution in [2.75, 3.05) is 7.11 Å². The molecule has 13 heavy (non-hydrogen) atoms. The van der Waals surface area contributed by atoms with Gasteiger partial charge in [0.25, 0.3) is 0 Å². The normalized spacial score (nSPS) is 31.4. The molecule has 0 saturated heterocycles. The number of thiophene rings is 1. The Morgan fingerprint density at radius 3 is 3.00 bits per heavy atom. The van der Waals surface area contributed by atoms with Crippen LogP contribution in [-0.2, 0) is 4.18 Å². The van der Waals surface area contributed by atoms with E-state index in [0.29, 0.717) is 0 Å². The van der Waals surface area contributed by atoms with Gasteiger partial charge in [-0.05, 0) is 23.6 Å². The van der Waals surface area contributed by atoms with Crippen LogP contribution in [-0.4, -0.2) is 11.7 Å². The van der Waals surface area contributed by atoms with Gasteiger partial charge in [-0.25, -0.2) is 0 Å². The zero-order valence-electron chi connectivity index (χ0n) is 7.14. The zero-order valence-corrected chi connectivity index (χ0v) is 8.77. The summed E-state index contributed by atoms with van der Waals surface area (Å²) in [5.41, 5.74) is 0. The smallest absolute Gasteiger partial charge is 0.0805 e. The maximum absolute atomic E-state index is 10.0. The molecule has 2 heterocycles. The zero-order chi connectivity index (χ0) is 9.31.